The van der Waals surface area contributed by atoms with Crippen molar-refractivity contribution >= 4 is 8.18 Å². The molecule has 12 heavy (non-hydrogen) atoms. The Hall–Kier alpha value is -0.0200. The number of hydrogen-bond donors (Lipinski definition) is 2. The van der Waals surface area contributed by atoms with E-state index < -0.39 is 8.18 Å². The van der Waals surface area contributed by atoms with E-state index in [0.29, 0.717) is 6.04 Å². The van der Waals surface area contributed by atoms with Crippen LogP contribution >= 0.6 is 8.18 Å². The van der Waals surface area contributed by atoms with Crippen molar-refractivity contribution in [3.63, 3.8) is 0 Å². The normalized spacial score (nSPS) is 21.7. The molecule has 2 atom stereocenters. The maximum Gasteiger partial charge on any atom is 0.613 e. The van der Waals surface area contributed by atoms with Gasteiger partial charge < -0.3 is 5.11 Å². The van der Waals surface area contributed by atoms with Gasteiger partial charge in [0.15, 0.2) is 0 Å². The molecular formula is C7H15NO3P+. The van der Waals surface area contributed by atoms with E-state index in [1.165, 1.54) is 6.42 Å². The molecule has 2 unspecified atom stereocenters. The van der Waals surface area contributed by atoms with E-state index in [0.717, 1.165) is 12.8 Å². The predicted octanol–water partition coefficient (Wildman–Crippen LogP) is 1.18. The largest absolute Gasteiger partial charge is 0.613 e. The van der Waals surface area contributed by atoms with Crippen molar-refractivity contribution < 1.29 is 14.2 Å². The van der Waals surface area contributed by atoms with Gasteiger partial charge in [-0.25, -0.2) is 0 Å². The molecule has 0 spiro atoms. The van der Waals surface area contributed by atoms with Crippen molar-refractivity contribution in [1.29, 1.82) is 0 Å². The van der Waals surface area contributed by atoms with Crippen LogP contribution in [-0.2, 0) is 9.09 Å². The van der Waals surface area contributed by atoms with E-state index in [-0.39, 0.29) is 12.7 Å². The summed E-state index contributed by atoms with van der Waals surface area (Å²) in [5, 5.41) is 11.5. The Labute approximate surface area is 73.2 Å². The van der Waals surface area contributed by atoms with Crippen molar-refractivity contribution in [2.24, 2.45) is 0 Å². The zero-order chi connectivity index (χ0) is 8.97. The molecule has 70 valence electrons. The zero-order valence-electron chi connectivity index (χ0n) is 7.19. The van der Waals surface area contributed by atoms with Crippen LogP contribution in [0, 0.1) is 0 Å². The highest BCUT2D eigenvalue weighted by Gasteiger charge is 2.30. The van der Waals surface area contributed by atoms with E-state index in [2.05, 4.69) is 5.09 Å². The van der Waals surface area contributed by atoms with Crippen molar-refractivity contribution in [1.82, 2.24) is 5.09 Å². The second kappa shape index (κ2) is 4.87. The molecule has 0 bridgehead atoms. The molecule has 0 aromatic heterocycles. The first-order valence-corrected chi connectivity index (χ1v) is 5.41. The van der Waals surface area contributed by atoms with Gasteiger partial charge in [-0.3, -0.25) is 0 Å². The van der Waals surface area contributed by atoms with Crippen LogP contribution in [0.25, 0.3) is 0 Å². The number of aliphatic hydroxyl groups excluding tert-OH is 1. The van der Waals surface area contributed by atoms with Crippen molar-refractivity contribution in [3.05, 3.63) is 0 Å². The van der Waals surface area contributed by atoms with Crippen LogP contribution in [-0.4, -0.2) is 23.9 Å². The van der Waals surface area contributed by atoms with Gasteiger partial charge in [-0.05, 0) is 24.3 Å². The fraction of sp³-hybridized carbons (Fsp3) is 1.00. The molecule has 0 heterocycles. The first kappa shape index (κ1) is 10.1. The van der Waals surface area contributed by atoms with Crippen LogP contribution < -0.4 is 5.09 Å². The monoisotopic (exact) mass is 192 g/mol. The molecule has 1 saturated carbocycles. The highest BCUT2D eigenvalue weighted by atomic mass is 31.1. The molecule has 1 aliphatic rings. The molecule has 0 radical (unpaired) electrons. The van der Waals surface area contributed by atoms with Gasteiger partial charge in [0.25, 0.3) is 0 Å². The Morgan fingerprint density at radius 1 is 1.75 bits per heavy atom. The lowest BCUT2D eigenvalue weighted by atomic mass is 9.94. The standard InChI is InChI=1S/C7H15NO3P/c1-6(5-9)11-12(10)8-7-3-2-4-7/h6-7,9H,2-5H2,1H3,(H,8,10)/q+1. The SMILES string of the molecule is CC(CO)O[P+](=O)NC1CCC1. The molecule has 2 N–H and O–H groups in total. The first-order chi connectivity index (χ1) is 5.72. The first-order valence-electron chi connectivity index (χ1n) is 4.23. The Morgan fingerprint density at radius 3 is 2.83 bits per heavy atom. The lowest BCUT2D eigenvalue weighted by Gasteiger charge is -2.20. The van der Waals surface area contributed by atoms with Crippen LogP contribution in [0.4, 0.5) is 0 Å². The third-order valence-corrected chi connectivity index (χ3v) is 3.05. The van der Waals surface area contributed by atoms with Gasteiger partial charge in [0.05, 0.1) is 12.6 Å². The summed E-state index contributed by atoms with van der Waals surface area (Å²) in [6, 6.07) is 0.361. The molecular weight excluding hydrogens is 177 g/mol. The maximum absolute atomic E-state index is 11.1. The molecule has 4 nitrogen and oxygen atoms in total. The minimum atomic E-state index is -1.78. The molecule has 1 rings (SSSR count). The van der Waals surface area contributed by atoms with E-state index >= 15 is 0 Å². The van der Waals surface area contributed by atoms with Crippen LogP contribution in [0.5, 0.6) is 0 Å². The van der Waals surface area contributed by atoms with Gasteiger partial charge in [-0.15, -0.1) is 4.52 Å². The molecule has 0 amide bonds. The average Bonchev–Trinajstić information content (AvgIpc) is 1.97. The summed E-state index contributed by atoms with van der Waals surface area (Å²) in [5.74, 6) is 0. The number of rotatable bonds is 5. The Bertz CT molecular complexity index is 152. The van der Waals surface area contributed by atoms with E-state index in [9.17, 15) is 4.57 Å². The van der Waals surface area contributed by atoms with Gasteiger partial charge in [-0.2, -0.15) is 0 Å². The fourth-order valence-electron chi connectivity index (χ4n) is 0.914. The van der Waals surface area contributed by atoms with Gasteiger partial charge >= 0.3 is 8.18 Å². The Balaban J connectivity index is 2.10. The smallest absolute Gasteiger partial charge is 0.393 e. The Kier molecular flexibility index (Phi) is 4.09. The summed E-state index contributed by atoms with van der Waals surface area (Å²) in [7, 11) is -1.78. The van der Waals surface area contributed by atoms with Crippen molar-refractivity contribution in [3.8, 4) is 0 Å². The summed E-state index contributed by atoms with van der Waals surface area (Å²) >= 11 is 0. The van der Waals surface area contributed by atoms with Crippen LogP contribution in [0.3, 0.4) is 0 Å². The Morgan fingerprint density at radius 2 is 2.42 bits per heavy atom. The second-order valence-electron chi connectivity index (χ2n) is 3.11. The minimum absolute atomic E-state index is 0.0899. The average molecular weight is 192 g/mol. The number of hydrogen-bond acceptors (Lipinski definition) is 3. The van der Waals surface area contributed by atoms with E-state index in [1.54, 1.807) is 6.92 Å². The van der Waals surface area contributed by atoms with Crippen molar-refractivity contribution in [2.75, 3.05) is 6.61 Å². The zero-order valence-corrected chi connectivity index (χ0v) is 8.09. The van der Waals surface area contributed by atoms with Gasteiger partial charge in [0.1, 0.15) is 6.10 Å². The third kappa shape index (κ3) is 3.15. The number of nitrogens with one attached hydrogen (secondary N) is 1. The van der Waals surface area contributed by atoms with Crippen LogP contribution in [0.15, 0.2) is 0 Å². The van der Waals surface area contributed by atoms with E-state index in [1.807, 2.05) is 0 Å². The molecule has 0 aromatic carbocycles. The molecule has 0 aliphatic heterocycles. The summed E-state index contributed by atoms with van der Waals surface area (Å²) < 4.78 is 16.1. The van der Waals surface area contributed by atoms with Gasteiger partial charge in [0.2, 0.25) is 0 Å². The molecule has 1 fully saturated rings. The van der Waals surface area contributed by atoms with Gasteiger partial charge in [0, 0.05) is 0 Å². The van der Waals surface area contributed by atoms with Gasteiger partial charge in [-0.1, -0.05) is 11.5 Å². The summed E-state index contributed by atoms with van der Waals surface area (Å²) in [6.45, 7) is 1.60. The minimum Gasteiger partial charge on any atom is -0.393 e. The highest BCUT2D eigenvalue weighted by Crippen LogP contribution is 2.27. The molecule has 0 saturated heterocycles. The highest BCUT2D eigenvalue weighted by molar-refractivity contribution is 7.36. The fourth-order valence-corrected chi connectivity index (χ4v) is 1.92. The summed E-state index contributed by atoms with van der Waals surface area (Å²) in [6.07, 6.45) is 3.02. The van der Waals surface area contributed by atoms with Crippen LogP contribution in [0.2, 0.25) is 0 Å². The van der Waals surface area contributed by atoms with E-state index in [4.69, 9.17) is 9.63 Å². The third-order valence-electron chi connectivity index (χ3n) is 1.93. The lowest BCUT2D eigenvalue weighted by molar-refractivity contribution is 0.134. The van der Waals surface area contributed by atoms with Crippen molar-refractivity contribution in [2.45, 2.75) is 38.3 Å². The van der Waals surface area contributed by atoms with Crippen LogP contribution in [0.1, 0.15) is 26.2 Å². The summed E-state index contributed by atoms with van der Waals surface area (Å²) in [4.78, 5) is 0. The molecule has 0 aromatic rings. The second-order valence-corrected chi connectivity index (χ2v) is 4.10. The predicted molar refractivity (Wildman–Crippen MR) is 46.0 cm³/mol. The number of aliphatic hydroxyl groups is 1. The maximum atomic E-state index is 11.1. The molecule has 5 heteroatoms. The quantitative estimate of drug-likeness (QED) is 0.642. The summed E-state index contributed by atoms with van der Waals surface area (Å²) in [5.41, 5.74) is 0. The topological polar surface area (TPSA) is 58.6 Å². The molecule has 1 aliphatic carbocycles. The lowest BCUT2D eigenvalue weighted by Crippen LogP contribution is -2.31.